The highest BCUT2D eigenvalue weighted by atomic mass is 16.3. The summed E-state index contributed by atoms with van der Waals surface area (Å²) in [7, 11) is 0. The first-order chi connectivity index (χ1) is 15.7. The van der Waals surface area contributed by atoms with Crippen LogP contribution >= 0.6 is 0 Å². The number of nitrogens with zero attached hydrogens (tertiary/aromatic N) is 4. The van der Waals surface area contributed by atoms with Gasteiger partial charge in [-0.15, -0.1) is 0 Å². The Hall–Kier alpha value is -4.38. The van der Waals surface area contributed by atoms with Gasteiger partial charge in [-0.25, -0.2) is 19.9 Å². The molecule has 3 heterocycles. The van der Waals surface area contributed by atoms with Gasteiger partial charge in [0.05, 0.1) is 0 Å². The largest absolute Gasteiger partial charge is 0.454 e. The van der Waals surface area contributed by atoms with Crippen LogP contribution in [0.4, 0.5) is 0 Å². The van der Waals surface area contributed by atoms with Gasteiger partial charge in [-0.1, -0.05) is 72.3 Å². The third-order valence-corrected chi connectivity index (χ3v) is 5.40. The number of hydrogen-bond acceptors (Lipinski definition) is 5. The first-order valence-electron chi connectivity index (χ1n) is 10.4. The molecule has 32 heavy (non-hydrogen) atoms. The quantitative estimate of drug-likeness (QED) is 0.332. The highest BCUT2D eigenvalue weighted by Gasteiger charge is 2.15. The predicted molar refractivity (Wildman–Crippen MR) is 126 cm³/mol. The Bertz CT molecular complexity index is 1520. The normalized spacial score (nSPS) is 11.3. The molecule has 0 fully saturated rings. The monoisotopic (exact) mass is 414 g/mol. The van der Waals surface area contributed by atoms with Gasteiger partial charge >= 0.3 is 0 Å². The van der Waals surface area contributed by atoms with Gasteiger partial charge in [0, 0.05) is 16.5 Å². The van der Waals surface area contributed by atoms with E-state index in [0.29, 0.717) is 23.2 Å². The van der Waals surface area contributed by atoms with E-state index in [1.807, 2.05) is 84.9 Å². The first-order valence-corrected chi connectivity index (χ1v) is 10.4. The summed E-state index contributed by atoms with van der Waals surface area (Å²) >= 11 is 0. The molecule has 0 atom stereocenters. The standard InChI is InChI=1S/C27H18N4O/c1-17-12-14-22-20(16-17)24-23(32-22)15-13-21(28-24)27-30-25(18-8-4-2-5-9-18)29-26(31-27)19-10-6-3-7-11-19/h2-16H,1H3. The number of aromatic nitrogens is 4. The van der Waals surface area contributed by atoms with Gasteiger partial charge in [-0.3, -0.25) is 0 Å². The van der Waals surface area contributed by atoms with Gasteiger partial charge in [-0.05, 0) is 31.2 Å². The molecule has 0 aliphatic carbocycles. The Morgan fingerprint density at radius 1 is 0.562 bits per heavy atom. The topological polar surface area (TPSA) is 64.7 Å². The van der Waals surface area contributed by atoms with E-state index in [4.69, 9.17) is 24.4 Å². The van der Waals surface area contributed by atoms with E-state index in [-0.39, 0.29) is 0 Å². The molecule has 6 aromatic rings. The number of pyridine rings is 1. The van der Waals surface area contributed by atoms with Crippen LogP contribution in [0, 0.1) is 6.92 Å². The van der Waals surface area contributed by atoms with Crippen LogP contribution in [0.1, 0.15) is 5.56 Å². The van der Waals surface area contributed by atoms with Crippen molar-refractivity contribution in [2.75, 3.05) is 0 Å². The number of hydrogen-bond donors (Lipinski definition) is 0. The molecule has 3 aromatic heterocycles. The van der Waals surface area contributed by atoms with Gasteiger partial charge in [0.15, 0.2) is 23.1 Å². The molecule has 152 valence electrons. The Balaban J connectivity index is 1.58. The molecule has 0 N–H and O–H groups in total. The molecular weight excluding hydrogens is 396 g/mol. The van der Waals surface area contributed by atoms with E-state index in [1.54, 1.807) is 0 Å². The molecule has 3 aromatic carbocycles. The van der Waals surface area contributed by atoms with Crippen molar-refractivity contribution in [3.8, 4) is 34.3 Å². The Morgan fingerprint density at radius 3 is 1.81 bits per heavy atom. The third-order valence-electron chi connectivity index (χ3n) is 5.40. The van der Waals surface area contributed by atoms with Gasteiger partial charge in [-0.2, -0.15) is 0 Å². The van der Waals surface area contributed by atoms with E-state index in [0.717, 1.165) is 38.8 Å². The van der Waals surface area contributed by atoms with Crippen molar-refractivity contribution in [3.63, 3.8) is 0 Å². The molecule has 0 spiro atoms. The third kappa shape index (κ3) is 3.20. The van der Waals surface area contributed by atoms with E-state index in [1.165, 1.54) is 0 Å². The number of furan rings is 1. The highest BCUT2D eigenvalue weighted by molar-refractivity contribution is 6.03. The fraction of sp³-hybridized carbons (Fsp3) is 0.0370. The average molecular weight is 414 g/mol. The summed E-state index contributed by atoms with van der Waals surface area (Å²) in [5.74, 6) is 1.76. The lowest BCUT2D eigenvalue weighted by Crippen LogP contribution is -2.01. The van der Waals surface area contributed by atoms with Gasteiger partial charge < -0.3 is 4.42 Å². The maximum atomic E-state index is 5.97. The summed E-state index contributed by atoms with van der Waals surface area (Å²) in [6.07, 6.45) is 0. The maximum Gasteiger partial charge on any atom is 0.182 e. The SMILES string of the molecule is Cc1ccc2oc3ccc(-c4nc(-c5ccccc5)nc(-c5ccccc5)n4)nc3c2c1. The number of aryl methyl sites for hydroxylation is 1. The lowest BCUT2D eigenvalue weighted by Gasteiger charge is -2.08. The molecule has 0 amide bonds. The first kappa shape index (κ1) is 18.4. The van der Waals surface area contributed by atoms with Crippen molar-refractivity contribution in [3.05, 3.63) is 96.6 Å². The fourth-order valence-corrected chi connectivity index (χ4v) is 3.81. The molecule has 0 aliphatic heterocycles. The zero-order valence-electron chi connectivity index (χ0n) is 17.4. The Labute approximate surface area is 184 Å². The molecular formula is C27H18N4O. The van der Waals surface area contributed by atoms with Gasteiger partial charge in [0.1, 0.15) is 16.8 Å². The van der Waals surface area contributed by atoms with Crippen molar-refractivity contribution in [2.45, 2.75) is 6.92 Å². The molecule has 0 radical (unpaired) electrons. The average Bonchev–Trinajstić information content (AvgIpc) is 3.22. The smallest absolute Gasteiger partial charge is 0.182 e. The fourth-order valence-electron chi connectivity index (χ4n) is 3.81. The number of benzene rings is 3. The second-order valence-corrected chi connectivity index (χ2v) is 7.68. The zero-order valence-corrected chi connectivity index (χ0v) is 17.4. The summed E-state index contributed by atoms with van der Waals surface area (Å²) in [6, 6.07) is 29.8. The molecule has 5 nitrogen and oxygen atoms in total. The van der Waals surface area contributed by atoms with E-state index >= 15 is 0 Å². The second-order valence-electron chi connectivity index (χ2n) is 7.68. The van der Waals surface area contributed by atoms with E-state index < -0.39 is 0 Å². The van der Waals surface area contributed by atoms with Crippen LogP contribution < -0.4 is 0 Å². The molecule has 0 saturated heterocycles. The lowest BCUT2D eigenvalue weighted by atomic mass is 10.1. The maximum absolute atomic E-state index is 5.97. The Morgan fingerprint density at radius 2 is 1.16 bits per heavy atom. The minimum absolute atomic E-state index is 0.529. The van der Waals surface area contributed by atoms with Crippen LogP contribution in [0.5, 0.6) is 0 Å². The molecule has 0 saturated carbocycles. The lowest BCUT2D eigenvalue weighted by molar-refractivity contribution is 0.668. The van der Waals surface area contributed by atoms with E-state index in [9.17, 15) is 0 Å². The summed E-state index contributed by atoms with van der Waals surface area (Å²) in [5, 5.41) is 0.988. The van der Waals surface area contributed by atoms with Crippen LogP contribution in [0.2, 0.25) is 0 Å². The summed E-state index contributed by atoms with van der Waals surface area (Å²) in [6.45, 7) is 2.06. The van der Waals surface area contributed by atoms with Crippen molar-refractivity contribution in [2.24, 2.45) is 0 Å². The summed E-state index contributed by atoms with van der Waals surface area (Å²) in [4.78, 5) is 19.2. The number of fused-ring (bicyclic) bond motifs is 3. The van der Waals surface area contributed by atoms with Crippen LogP contribution in [0.3, 0.4) is 0 Å². The van der Waals surface area contributed by atoms with Crippen LogP contribution in [0.15, 0.2) is 95.4 Å². The molecule has 0 bridgehead atoms. The zero-order chi connectivity index (χ0) is 21.5. The van der Waals surface area contributed by atoms with Crippen molar-refractivity contribution < 1.29 is 4.42 Å². The van der Waals surface area contributed by atoms with Crippen LogP contribution in [-0.2, 0) is 0 Å². The predicted octanol–water partition coefficient (Wildman–Crippen LogP) is 6.48. The Kier molecular flexibility index (Phi) is 4.25. The van der Waals surface area contributed by atoms with Crippen molar-refractivity contribution >= 4 is 22.1 Å². The second kappa shape index (κ2) is 7.39. The number of rotatable bonds is 3. The summed E-state index contributed by atoms with van der Waals surface area (Å²) in [5.41, 5.74) is 6.07. The minimum atomic E-state index is 0.529. The summed E-state index contributed by atoms with van der Waals surface area (Å²) < 4.78 is 5.97. The molecule has 0 unspecified atom stereocenters. The van der Waals surface area contributed by atoms with Crippen LogP contribution in [0.25, 0.3) is 56.4 Å². The molecule has 5 heteroatoms. The van der Waals surface area contributed by atoms with Gasteiger partial charge in [0.25, 0.3) is 0 Å². The molecule has 6 rings (SSSR count). The highest BCUT2D eigenvalue weighted by Crippen LogP contribution is 2.30. The molecule has 0 aliphatic rings. The van der Waals surface area contributed by atoms with Crippen molar-refractivity contribution in [1.29, 1.82) is 0 Å². The van der Waals surface area contributed by atoms with Crippen molar-refractivity contribution in [1.82, 2.24) is 19.9 Å². The van der Waals surface area contributed by atoms with E-state index in [2.05, 4.69) is 13.0 Å². The van der Waals surface area contributed by atoms with Crippen LogP contribution in [-0.4, -0.2) is 19.9 Å². The van der Waals surface area contributed by atoms with Gasteiger partial charge in [0.2, 0.25) is 0 Å². The minimum Gasteiger partial charge on any atom is -0.454 e.